The number of methoxy groups -OCH3 is 1. The standard InChI is InChI=1S/C15H22N2O2/c1-11-4-6-12(7-5-11)13-8-14(10-17(2)9-13)16-15(18)19-3/h4-7,13-14H,8-10H2,1-3H3,(H,16,18). The first-order valence-electron chi connectivity index (χ1n) is 6.68. The van der Waals surface area contributed by atoms with E-state index in [0.717, 1.165) is 19.5 Å². The number of alkyl carbamates (subject to hydrolysis) is 1. The first-order valence-corrected chi connectivity index (χ1v) is 6.68. The zero-order valence-corrected chi connectivity index (χ0v) is 11.8. The number of hydrogen-bond acceptors (Lipinski definition) is 3. The Morgan fingerprint density at radius 3 is 2.63 bits per heavy atom. The summed E-state index contributed by atoms with van der Waals surface area (Å²) in [6.07, 6.45) is 0.616. The third-order valence-electron chi connectivity index (χ3n) is 3.69. The number of aryl methyl sites for hydroxylation is 1. The average Bonchev–Trinajstić information content (AvgIpc) is 2.38. The van der Waals surface area contributed by atoms with Gasteiger partial charge in [-0.15, -0.1) is 0 Å². The lowest BCUT2D eigenvalue weighted by molar-refractivity contribution is 0.150. The predicted molar refractivity (Wildman–Crippen MR) is 75.4 cm³/mol. The molecule has 0 spiro atoms. The topological polar surface area (TPSA) is 41.6 Å². The molecule has 1 saturated heterocycles. The highest BCUT2D eigenvalue weighted by Gasteiger charge is 2.27. The predicted octanol–water partition coefficient (Wildman–Crippen LogP) is 2.14. The van der Waals surface area contributed by atoms with Gasteiger partial charge in [-0.25, -0.2) is 4.79 Å². The number of hydrogen-bond donors (Lipinski definition) is 1. The summed E-state index contributed by atoms with van der Waals surface area (Å²) in [6.45, 7) is 4.00. The molecule has 2 atom stereocenters. The highest BCUT2D eigenvalue weighted by molar-refractivity contribution is 5.67. The van der Waals surface area contributed by atoms with Crippen LogP contribution < -0.4 is 5.32 Å². The Kier molecular flexibility index (Phi) is 4.43. The van der Waals surface area contributed by atoms with Gasteiger partial charge in [0.05, 0.1) is 7.11 Å². The van der Waals surface area contributed by atoms with E-state index in [1.807, 2.05) is 0 Å². The van der Waals surface area contributed by atoms with Gasteiger partial charge in [0, 0.05) is 19.1 Å². The normalized spacial score (nSPS) is 23.9. The molecule has 1 aliphatic rings. The van der Waals surface area contributed by atoms with Gasteiger partial charge in [0.25, 0.3) is 0 Å². The molecule has 0 bridgehead atoms. The van der Waals surface area contributed by atoms with Crippen LogP contribution in [-0.2, 0) is 4.74 Å². The number of ether oxygens (including phenoxy) is 1. The molecule has 4 nitrogen and oxygen atoms in total. The number of benzene rings is 1. The molecule has 1 heterocycles. The maximum absolute atomic E-state index is 11.3. The average molecular weight is 262 g/mol. The number of piperidine rings is 1. The summed E-state index contributed by atoms with van der Waals surface area (Å²) in [5.74, 6) is 0.460. The molecule has 4 heteroatoms. The summed E-state index contributed by atoms with van der Waals surface area (Å²) in [6, 6.07) is 8.82. The zero-order chi connectivity index (χ0) is 13.8. The van der Waals surface area contributed by atoms with Crippen LogP contribution in [-0.4, -0.2) is 44.3 Å². The van der Waals surface area contributed by atoms with Gasteiger partial charge in [0.15, 0.2) is 0 Å². The highest BCUT2D eigenvalue weighted by Crippen LogP contribution is 2.26. The van der Waals surface area contributed by atoms with Gasteiger partial charge < -0.3 is 15.0 Å². The molecular weight excluding hydrogens is 240 g/mol. The van der Waals surface area contributed by atoms with Crippen molar-refractivity contribution in [2.45, 2.75) is 25.3 Å². The monoisotopic (exact) mass is 262 g/mol. The Labute approximate surface area is 114 Å². The molecule has 1 aromatic carbocycles. The SMILES string of the molecule is COC(=O)NC1CC(c2ccc(C)cc2)CN(C)C1. The largest absolute Gasteiger partial charge is 0.453 e. The molecular formula is C15H22N2O2. The fourth-order valence-corrected chi connectivity index (χ4v) is 2.73. The second-order valence-corrected chi connectivity index (χ2v) is 5.40. The summed E-state index contributed by atoms with van der Waals surface area (Å²) in [5.41, 5.74) is 2.62. The minimum Gasteiger partial charge on any atom is -0.453 e. The van der Waals surface area contributed by atoms with E-state index in [1.54, 1.807) is 0 Å². The van der Waals surface area contributed by atoms with Crippen molar-refractivity contribution >= 4 is 6.09 Å². The molecule has 0 radical (unpaired) electrons. The van der Waals surface area contributed by atoms with Crippen LogP contribution >= 0.6 is 0 Å². The third-order valence-corrected chi connectivity index (χ3v) is 3.69. The third kappa shape index (κ3) is 3.70. The zero-order valence-electron chi connectivity index (χ0n) is 11.8. The van der Waals surface area contributed by atoms with Gasteiger partial charge in [0.2, 0.25) is 0 Å². The van der Waals surface area contributed by atoms with Crippen molar-refractivity contribution in [3.05, 3.63) is 35.4 Å². The number of likely N-dealkylation sites (N-methyl/N-ethyl adjacent to an activating group) is 1. The maximum atomic E-state index is 11.3. The second-order valence-electron chi connectivity index (χ2n) is 5.40. The van der Waals surface area contributed by atoms with Gasteiger partial charge in [-0.3, -0.25) is 0 Å². The Morgan fingerprint density at radius 1 is 1.32 bits per heavy atom. The Hall–Kier alpha value is -1.55. The van der Waals surface area contributed by atoms with E-state index < -0.39 is 0 Å². The number of nitrogens with zero attached hydrogens (tertiary/aromatic N) is 1. The second kappa shape index (κ2) is 6.06. The van der Waals surface area contributed by atoms with Crippen molar-refractivity contribution < 1.29 is 9.53 Å². The van der Waals surface area contributed by atoms with E-state index in [-0.39, 0.29) is 12.1 Å². The smallest absolute Gasteiger partial charge is 0.407 e. The van der Waals surface area contributed by atoms with Gasteiger partial charge in [-0.1, -0.05) is 29.8 Å². The molecule has 2 unspecified atom stereocenters. The quantitative estimate of drug-likeness (QED) is 0.888. The first-order chi connectivity index (χ1) is 9.08. The molecule has 104 valence electrons. The van der Waals surface area contributed by atoms with Crippen LogP contribution in [0.4, 0.5) is 4.79 Å². The highest BCUT2D eigenvalue weighted by atomic mass is 16.5. The van der Waals surface area contributed by atoms with Gasteiger partial charge in [-0.2, -0.15) is 0 Å². The van der Waals surface area contributed by atoms with E-state index >= 15 is 0 Å². The number of likely N-dealkylation sites (tertiary alicyclic amines) is 1. The number of amides is 1. The summed E-state index contributed by atoms with van der Waals surface area (Å²) in [4.78, 5) is 13.6. The van der Waals surface area contributed by atoms with Gasteiger partial charge >= 0.3 is 6.09 Å². The van der Waals surface area contributed by atoms with E-state index in [0.29, 0.717) is 5.92 Å². The van der Waals surface area contributed by atoms with Crippen LogP contribution in [0.2, 0.25) is 0 Å². The minimum absolute atomic E-state index is 0.150. The van der Waals surface area contributed by atoms with E-state index in [9.17, 15) is 4.79 Å². The Bertz CT molecular complexity index is 430. The van der Waals surface area contributed by atoms with Crippen LogP contribution in [0.1, 0.15) is 23.5 Å². The molecule has 1 N–H and O–H groups in total. The van der Waals surface area contributed by atoms with Crippen LogP contribution in [0.25, 0.3) is 0 Å². The number of rotatable bonds is 2. The number of nitrogens with one attached hydrogen (secondary N) is 1. The van der Waals surface area contributed by atoms with Crippen LogP contribution in [0, 0.1) is 6.92 Å². The fourth-order valence-electron chi connectivity index (χ4n) is 2.73. The molecule has 1 aromatic rings. The van der Waals surface area contributed by atoms with Gasteiger partial charge in [-0.05, 0) is 31.9 Å². The van der Waals surface area contributed by atoms with E-state index in [2.05, 4.69) is 53.2 Å². The molecule has 0 aromatic heterocycles. The van der Waals surface area contributed by atoms with E-state index in [4.69, 9.17) is 0 Å². The number of carbonyl (C=O) groups is 1. The van der Waals surface area contributed by atoms with Crippen molar-refractivity contribution in [1.82, 2.24) is 10.2 Å². The van der Waals surface area contributed by atoms with Crippen molar-refractivity contribution in [2.75, 3.05) is 27.2 Å². The molecule has 0 aliphatic carbocycles. The van der Waals surface area contributed by atoms with Crippen molar-refractivity contribution in [3.63, 3.8) is 0 Å². The van der Waals surface area contributed by atoms with Crippen molar-refractivity contribution in [1.29, 1.82) is 0 Å². The lowest BCUT2D eigenvalue weighted by Gasteiger charge is -2.36. The minimum atomic E-state index is -0.344. The molecule has 0 saturated carbocycles. The van der Waals surface area contributed by atoms with Crippen molar-refractivity contribution in [3.8, 4) is 0 Å². The molecule has 1 aliphatic heterocycles. The Morgan fingerprint density at radius 2 is 2.00 bits per heavy atom. The first kappa shape index (κ1) is 13.9. The molecule has 1 fully saturated rings. The fraction of sp³-hybridized carbons (Fsp3) is 0.533. The Balaban J connectivity index is 2.05. The summed E-state index contributed by atoms with van der Waals surface area (Å²) >= 11 is 0. The van der Waals surface area contributed by atoms with Crippen LogP contribution in [0.3, 0.4) is 0 Å². The summed E-state index contributed by atoms with van der Waals surface area (Å²) < 4.78 is 4.68. The molecule has 2 rings (SSSR count). The lowest BCUT2D eigenvalue weighted by Crippen LogP contribution is -2.48. The van der Waals surface area contributed by atoms with Crippen LogP contribution in [0.5, 0.6) is 0 Å². The van der Waals surface area contributed by atoms with Crippen molar-refractivity contribution in [2.24, 2.45) is 0 Å². The van der Waals surface area contributed by atoms with Crippen LogP contribution in [0.15, 0.2) is 24.3 Å². The lowest BCUT2D eigenvalue weighted by atomic mass is 9.88. The molecule has 19 heavy (non-hydrogen) atoms. The summed E-state index contributed by atoms with van der Waals surface area (Å²) in [5, 5.41) is 2.91. The molecule has 1 amide bonds. The van der Waals surface area contributed by atoms with Gasteiger partial charge in [0.1, 0.15) is 0 Å². The summed E-state index contributed by atoms with van der Waals surface area (Å²) in [7, 11) is 3.49. The van der Waals surface area contributed by atoms with E-state index in [1.165, 1.54) is 18.2 Å². The number of carbonyl (C=O) groups excluding carboxylic acids is 1. The maximum Gasteiger partial charge on any atom is 0.407 e.